The van der Waals surface area contributed by atoms with Gasteiger partial charge in [0.25, 0.3) is 0 Å². The molecule has 6 heteroatoms. The standard InChI is InChI=1S/C6H11N5O/c1-2-3-11-4-8-6(9-11)5(7)10-12/h4,12H,2-3H2,1H3,(H2,7,10). The molecule has 3 N–H and O–H groups in total. The van der Waals surface area contributed by atoms with E-state index in [1.807, 2.05) is 6.92 Å². The lowest BCUT2D eigenvalue weighted by Crippen LogP contribution is -2.15. The first-order chi connectivity index (χ1) is 5.77. The molecule has 0 aromatic carbocycles. The molecular weight excluding hydrogens is 158 g/mol. The van der Waals surface area contributed by atoms with E-state index in [2.05, 4.69) is 15.2 Å². The van der Waals surface area contributed by atoms with Crippen LogP contribution in [0.2, 0.25) is 0 Å². The van der Waals surface area contributed by atoms with Gasteiger partial charge in [0.05, 0.1) is 0 Å². The second kappa shape index (κ2) is 3.70. The number of nitrogens with zero attached hydrogens (tertiary/aromatic N) is 4. The van der Waals surface area contributed by atoms with Crippen LogP contribution in [0.4, 0.5) is 0 Å². The molecule has 0 atom stereocenters. The van der Waals surface area contributed by atoms with Gasteiger partial charge in [-0.05, 0) is 6.42 Å². The Hall–Kier alpha value is -1.59. The van der Waals surface area contributed by atoms with Gasteiger partial charge in [-0.15, -0.1) is 5.10 Å². The summed E-state index contributed by atoms with van der Waals surface area (Å²) in [5, 5.41) is 15.0. The van der Waals surface area contributed by atoms with Crippen LogP contribution in [0.1, 0.15) is 19.2 Å². The first-order valence-corrected chi connectivity index (χ1v) is 3.65. The van der Waals surface area contributed by atoms with Crippen molar-refractivity contribution in [1.82, 2.24) is 14.8 Å². The van der Waals surface area contributed by atoms with Crippen molar-refractivity contribution in [3.8, 4) is 0 Å². The van der Waals surface area contributed by atoms with Crippen LogP contribution < -0.4 is 5.73 Å². The lowest BCUT2D eigenvalue weighted by Gasteiger charge is -1.93. The number of hydrogen-bond acceptors (Lipinski definition) is 4. The van der Waals surface area contributed by atoms with Crippen LogP contribution in [0, 0.1) is 0 Å². The number of hydrogen-bond donors (Lipinski definition) is 2. The van der Waals surface area contributed by atoms with Crippen molar-refractivity contribution in [3.63, 3.8) is 0 Å². The van der Waals surface area contributed by atoms with Crippen LogP contribution >= 0.6 is 0 Å². The summed E-state index contributed by atoms with van der Waals surface area (Å²) in [6.45, 7) is 2.82. The predicted octanol–water partition coefficient (Wildman–Crippen LogP) is -0.217. The van der Waals surface area contributed by atoms with Crippen LogP contribution in [0.5, 0.6) is 0 Å². The summed E-state index contributed by atoms with van der Waals surface area (Å²) in [6, 6.07) is 0. The van der Waals surface area contributed by atoms with Crippen molar-refractivity contribution in [2.45, 2.75) is 19.9 Å². The number of rotatable bonds is 3. The molecule has 0 fully saturated rings. The SMILES string of the molecule is CCCn1cnc(C(N)=NO)n1. The van der Waals surface area contributed by atoms with Crippen LogP contribution in [0.3, 0.4) is 0 Å². The van der Waals surface area contributed by atoms with E-state index in [4.69, 9.17) is 10.9 Å². The van der Waals surface area contributed by atoms with Crippen molar-refractivity contribution < 1.29 is 5.21 Å². The maximum Gasteiger partial charge on any atom is 0.219 e. The summed E-state index contributed by atoms with van der Waals surface area (Å²) in [7, 11) is 0. The maximum absolute atomic E-state index is 8.30. The molecule has 1 aromatic rings. The van der Waals surface area contributed by atoms with Crippen molar-refractivity contribution in [3.05, 3.63) is 12.2 Å². The molecule has 1 heterocycles. The zero-order chi connectivity index (χ0) is 8.97. The largest absolute Gasteiger partial charge is 0.409 e. The van der Waals surface area contributed by atoms with E-state index in [-0.39, 0.29) is 11.7 Å². The van der Waals surface area contributed by atoms with Crippen LogP contribution in [0.25, 0.3) is 0 Å². The van der Waals surface area contributed by atoms with E-state index in [0.717, 1.165) is 13.0 Å². The molecule has 0 radical (unpaired) electrons. The van der Waals surface area contributed by atoms with Crippen molar-refractivity contribution >= 4 is 5.84 Å². The molecule has 0 bridgehead atoms. The Labute approximate surface area is 69.7 Å². The number of aryl methyl sites for hydroxylation is 1. The highest BCUT2D eigenvalue weighted by molar-refractivity contribution is 5.93. The Kier molecular flexibility index (Phi) is 2.62. The number of nitrogens with two attached hydrogens (primary N) is 1. The highest BCUT2D eigenvalue weighted by atomic mass is 16.4. The fourth-order valence-corrected chi connectivity index (χ4v) is 0.794. The average Bonchev–Trinajstić information content (AvgIpc) is 2.52. The first kappa shape index (κ1) is 8.51. The van der Waals surface area contributed by atoms with Crippen molar-refractivity contribution in [2.24, 2.45) is 10.9 Å². The number of oxime groups is 1. The van der Waals surface area contributed by atoms with E-state index in [0.29, 0.717) is 0 Å². The van der Waals surface area contributed by atoms with Gasteiger partial charge in [-0.2, -0.15) is 0 Å². The Balaban J connectivity index is 2.77. The fourth-order valence-electron chi connectivity index (χ4n) is 0.794. The minimum atomic E-state index is -0.0650. The third-order valence-corrected chi connectivity index (χ3v) is 1.33. The lowest BCUT2D eigenvalue weighted by atomic mass is 10.5. The lowest BCUT2D eigenvalue weighted by molar-refractivity contribution is 0.318. The molecule has 1 rings (SSSR count). The molecule has 0 saturated heterocycles. The third-order valence-electron chi connectivity index (χ3n) is 1.33. The van der Waals surface area contributed by atoms with Crippen molar-refractivity contribution in [2.75, 3.05) is 0 Å². The molecule has 0 spiro atoms. The van der Waals surface area contributed by atoms with Gasteiger partial charge in [0.2, 0.25) is 11.7 Å². The highest BCUT2D eigenvalue weighted by Crippen LogP contribution is 1.90. The minimum Gasteiger partial charge on any atom is -0.409 e. The van der Waals surface area contributed by atoms with Gasteiger partial charge in [0, 0.05) is 6.54 Å². The van der Waals surface area contributed by atoms with Crippen LogP contribution in [-0.4, -0.2) is 25.8 Å². The fraction of sp³-hybridized carbons (Fsp3) is 0.500. The summed E-state index contributed by atoms with van der Waals surface area (Å²) >= 11 is 0. The Morgan fingerprint density at radius 1 is 1.83 bits per heavy atom. The van der Waals surface area contributed by atoms with Gasteiger partial charge in [-0.25, -0.2) is 4.98 Å². The van der Waals surface area contributed by atoms with E-state index in [1.165, 1.54) is 0 Å². The molecule has 0 unspecified atom stereocenters. The summed E-state index contributed by atoms with van der Waals surface area (Å²) < 4.78 is 1.65. The molecule has 0 aliphatic rings. The smallest absolute Gasteiger partial charge is 0.219 e. The van der Waals surface area contributed by atoms with E-state index >= 15 is 0 Å². The second-order valence-electron chi connectivity index (χ2n) is 2.32. The number of aromatic nitrogens is 3. The van der Waals surface area contributed by atoms with Crippen molar-refractivity contribution in [1.29, 1.82) is 0 Å². The van der Waals surface area contributed by atoms with E-state index < -0.39 is 0 Å². The van der Waals surface area contributed by atoms with E-state index in [9.17, 15) is 0 Å². The second-order valence-corrected chi connectivity index (χ2v) is 2.32. The minimum absolute atomic E-state index is 0.0650. The van der Waals surface area contributed by atoms with Gasteiger partial charge >= 0.3 is 0 Å². The van der Waals surface area contributed by atoms with Gasteiger partial charge in [-0.3, -0.25) is 4.68 Å². The monoisotopic (exact) mass is 169 g/mol. The zero-order valence-corrected chi connectivity index (χ0v) is 6.80. The summed E-state index contributed by atoms with van der Waals surface area (Å²) in [5.74, 6) is 0.191. The van der Waals surface area contributed by atoms with Crippen LogP contribution in [0.15, 0.2) is 11.5 Å². The van der Waals surface area contributed by atoms with Gasteiger partial charge < -0.3 is 10.9 Å². The summed E-state index contributed by atoms with van der Waals surface area (Å²) in [4.78, 5) is 3.84. The predicted molar refractivity (Wildman–Crippen MR) is 42.8 cm³/mol. The van der Waals surface area contributed by atoms with Gasteiger partial charge in [-0.1, -0.05) is 12.1 Å². The summed E-state index contributed by atoms with van der Waals surface area (Å²) in [5.41, 5.74) is 5.27. The van der Waals surface area contributed by atoms with Gasteiger partial charge in [0.1, 0.15) is 6.33 Å². The topological polar surface area (TPSA) is 89.3 Å². The Bertz CT molecular complexity index is 279. The van der Waals surface area contributed by atoms with E-state index in [1.54, 1.807) is 11.0 Å². The first-order valence-electron chi connectivity index (χ1n) is 3.65. The molecule has 0 amide bonds. The Morgan fingerprint density at radius 2 is 2.58 bits per heavy atom. The molecule has 66 valence electrons. The quantitative estimate of drug-likeness (QED) is 0.283. The maximum atomic E-state index is 8.30. The molecule has 12 heavy (non-hydrogen) atoms. The number of amidine groups is 1. The molecule has 0 saturated carbocycles. The third kappa shape index (κ3) is 1.71. The average molecular weight is 169 g/mol. The van der Waals surface area contributed by atoms with Gasteiger partial charge in [0.15, 0.2) is 0 Å². The summed E-state index contributed by atoms with van der Waals surface area (Å²) in [6.07, 6.45) is 2.52. The zero-order valence-electron chi connectivity index (χ0n) is 6.80. The molecule has 0 aliphatic heterocycles. The van der Waals surface area contributed by atoms with Crippen LogP contribution in [-0.2, 0) is 6.54 Å². The molecule has 1 aromatic heterocycles. The normalized spacial score (nSPS) is 11.9. The highest BCUT2D eigenvalue weighted by Gasteiger charge is 2.04. The molecule has 6 nitrogen and oxygen atoms in total. The molecular formula is C6H11N5O. The Morgan fingerprint density at radius 3 is 3.17 bits per heavy atom. The molecule has 0 aliphatic carbocycles.